The fraction of sp³-hybridized carbons (Fsp3) is 0.833. The van der Waals surface area contributed by atoms with Crippen molar-refractivity contribution >= 4 is 23.8 Å². The molecule has 4 heterocycles. The van der Waals surface area contributed by atoms with Crippen LogP contribution in [0.1, 0.15) is 65.2 Å². The van der Waals surface area contributed by atoms with E-state index in [9.17, 15) is 36.7 Å². The topological polar surface area (TPSA) is 93.2 Å². The smallest absolute Gasteiger partial charge is 0.332 e. The fourth-order valence-corrected chi connectivity index (χ4v) is 6.92. The van der Waals surface area contributed by atoms with Crippen LogP contribution in [0.4, 0.5) is 17.6 Å². The van der Waals surface area contributed by atoms with Gasteiger partial charge in [0.25, 0.3) is 11.8 Å². The van der Waals surface area contributed by atoms with Gasteiger partial charge < -0.3 is 19.3 Å². The molecule has 12 heteroatoms. The van der Waals surface area contributed by atoms with Crippen molar-refractivity contribution in [3.8, 4) is 0 Å². The highest BCUT2D eigenvalue weighted by Crippen LogP contribution is 2.70. The molecular weight excluding hydrogens is 488 g/mol. The van der Waals surface area contributed by atoms with Gasteiger partial charge in [-0.2, -0.15) is 0 Å². The molecule has 4 atom stereocenters. The molecule has 0 bridgehead atoms. The lowest BCUT2D eigenvalue weighted by Crippen LogP contribution is -2.48. The Bertz CT molecular complexity index is 958. The summed E-state index contributed by atoms with van der Waals surface area (Å²) in [5.41, 5.74) is -4.58. The molecule has 36 heavy (non-hydrogen) atoms. The van der Waals surface area contributed by atoms with Gasteiger partial charge in [-0.3, -0.25) is 9.59 Å². The molecule has 6 fully saturated rings. The quantitative estimate of drug-likeness (QED) is 0.420. The van der Waals surface area contributed by atoms with E-state index < -0.39 is 45.7 Å². The van der Waals surface area contributed by atoms with Crippen molar-refractivity contribution in [2.45, 2.75) is 88.1 Å². The van der Waals surface area contributed by atoms with Gasteiger partial charge >= 0.3 is 11.9 Å². The molecule has 0 aromatic heterocycles. The van der Waals surface area contributed by atoms with E-state index in [1.165, 1.54) is 9.80 Å². The number of carbonyl (C=O) groups is 4. The first-order valence-electron chi connectivity index (χ1n) is 12.4. The van der Waals surface area contributed by atoms with Crippen LogP contribution in [0.25, 0.3) is 0 Å². The lowest BCUT2D eigenvalue weighted by atomic mass is 9.88. The second-order valence-corrected chi connectivity index (χ2v) is 11.1. The molecule has 0 aromatic carbocycles. The molecule has 8 nitrogen and oxygen atoms in total. The van der Waals surface area contributed by atoms with E-state index in [1.807, 2.05) is 0 Å². The second-order valence-electron chi connectivity index (χ2n) is 11.1. The molecule has 0 radical (unpaired) electrons. The summed E-state index contributed by atoms with van der Waals surface area (Å²) < 4.78 is 63.8. The third kappa shape index (κ3) is 3.24. The molecular formula is C24H30F4N2O6. The predicted molar refractivity (Wildman–Crippen MR) is 114 cm³/mol. The van der Waals surface area contributed by atoms with Gasteiger partial charge in [-0.25, -0.2) is 27.2 Å². The van der Waals surface area contributed by atoms with Crippen LogP contribution in [0.5, 0.6) is 0 Å². The zero-order valence-corrected chi connectivity index (χ0v) is 20.3. The van der Waals surface area contributed by atoms with Gasteiger partial charge in [0, 0.05) is 38.8 Å². The van der Waals surface area contributed by atoms with Crippen LogP contribution < -0.4 is 0 Å². The number of amides is 2. The summed E-state index contributed by atoms with van der Waals surface area (Å²) in [6, 6.07) is 0. The van der Waals surface area contributed by atoms with E-state index in [1.54, 1.807) is 13.8 Å². The first-order chi connectivity index (χ1) is 16.7. The van der Waals surface area contributed by atoms with E-state index >= 15 is 0 Å². The minimum absolute atomic E-state index is 0.00233. The van der Waals surface area contributed by atoms with Crippen molar-refractivity contribution < 1.29 is 46.2 Å². The zero-order chi connectivity index (χ0) is 26.4. The average Bonchev–Trinajstić information content (AvgIpc) is 3.19. The molecule has 4 saturated heterocycles. The van der Waals surface area contributed by atoms with Gasteiger partial charge in [-0.15, -0.1) is 0 Å². The predicted octanol–water partition coefficient (Wildman–Crippen LogP) is 2.68. The standard InChI is InChI=1S/2C12H15F2NO3/c2*1-2-18-9(17)11-4-3-8(16)15(11)7-10(5-11)6-12(10,13)14/h2*2-7H2,1H3/t2*10?,11-/m00/s1. The largest absolute Gasteiger partial charge is 0.464 e. The average molecular weight is 519 g/mol. The van der Waals surface area contributed by atoms with Crippen molar-refractivity contribution in [3.05, 3.63) is 0 Å². The van der Waals surface area contributed by atoms with Crippen molar-refractivity contribution in [1.82, 2.24) is 9.80 Å². The van der Waals surface area contributed by atoms with Crippen LogP contribution in [-0.2, 0) is 28.7 Å². The van der Waals surface area contributed by atoms with Gasteiger partial charge in [0.05, 0.1) is 24.0 Å². The van der Waals surface area contributed by atoms with Crippen molar-refractivity contribution in [2.75, 3.05) is 26.3 Å². The lowest BCUT2D eigenvalue weighted by Gasteiger charge is -2.28. The number of nitrogens with zero attached hydrogens (tertiary/aromatic N) is 2. The summed E-state index contributed by atoms with van der Waals surface area (Å²) in [7, 11) is 0. The van der Waals surface area contributed by atoms with Crippen LogP contribution in [0.15, 0.2) is 0 Å². The molecule has 0 aromatic rings. The highest BCUT2D eigenvalue weighted by molar-refractivity contribution is 5.94. The Labute approximate surface area is 205 Å². The normalized spacial score (nSPS) is 40.2. The van der Waals surface area contributed by atoms with Crippen molar-refractivity contribution in [2.24, 2.45) is 10.8 Å². The van der Waals surface area contributed by atoms with Crippen LogP contribution >= 0.6 is 0 Å². The van der Waals surface area contributed by atoms with Gasteiger partial charge in [-0.05, 0) is 39.5 Å². The Morgan fingerprint density at radius 1 is 0.722 bits per heavy atom. The molecule has 4 aliphatic heterocycles. The maximum Gasteiger partial charge on any atom is 0.332 e. The highest BCUT2D eigenvalue weighted by atomic mass is 19.3. The fourth-order valence-electron chi connectivity index (χ4n) is 6.92. The summed E-state index contributed by atoms with van der Waals surface area (Å²) in [5.74, 6) is -6.93. The first-order valence-corrected chi connectivity index (χ1v) is 12.4. The van der Waals surface area contributed by atoms with E-state index in [2.05, 4.69) is 0 Å². The number of fused-ring (bicyclic) bond motifs is 2. The van der Waals surface area contributed by atoms with Crippen LogP contribution in [-0.4, -0.2) is 82.8 Å². The maximum atomic E-state index is 13.5. The van der Waals surface area contributed by atoms with Crippen LogP contribution in [0.2, 0.25) is 0 Å². The number of halogens is 4. The molecule has 2 unspecified atom stereocenters. The van der Waals surface area contributed by atoms with Crippen LogP contribution in [0, 0.1) is 10.8 Å². The Kier molecular flexibility index (Phi) is 5.31. The van der Waals surface area contributed by atoms with Gasteiger partial charge in [0.15, 0.2) is 0 Å². The van der Waals surface area contributed by atoms with E-state index in [-0.39, 0.29) is 76.6 Å². The third-order valence-electron chi connectivity index (χ3n) is 9.06. The van der Waals surface area contributed by atoms with Gasteiger partial charge in [0.2, 0.25) is 11.8 Å². The zero-order valence-electron chi connectivity index (χ0n) is 20.3. The minimum atomic E-state index is -2.74. The van der Waals surface area contributed by atoms with Gasteiger partial charge in [0.1, 0.15) is 11.1 Å². The monoisotopic (exact) mass is 518 g/mol. The van der Waals surface area contributed by atoms with Crippen molar-refractivity contribution in [1.29, 1.82) is 0 Å². The molecule has 0 N–H and O–H groups in total. The Hall–Kier alpha value is -2.40. The molecule has 2 spiro atoms. The Morgan fingerprint density at radius 3 is 1.33 bits per heavy atom. The number of carbonyl (C=O) groups excluding carboxylic acids is 4. The maximum absolute atomic E-state index is 13.5. The Balaban J connectivity index is 0.000000148. The molecule has 2 saturated carbocycles. The number of hydrogen-bond donors (Lipinski definition) is 0. The molecule has 6 aliphatic rings. The third-order valence-corrected chi connectivity index (χ3v) is 9.06. The number of esters is 2. The summed E-state index contributed by atoms with van der Waals surface area (Å²) in [4.78, 5) is 50.3. The number of ether oxygens (including phenoxy) is 2. The van der Waals surface area contributed by atoms with Crippen molar-refractivity contribution in [3.63, 3.8) is 0 Å². The second kappa shape index (κ2) is 7.56. The summed E-state index contributed by atoms with van der Waals surface area (Å²) in [6.07, 6.45) is 0.789. The number of rotatable bonds is 4. The lowest BCUT2D eigenvalue weighted by molar-refractivity contribution is -0.157. The van der Waals surface area contributed by atoms with E-state index in [0.29, 0.717) is 12.8 Å². The molecule has 6 rings (SSSR count). The summed E-state index contributed by atoms with van der Waals surface area (Å²) in [6.45, 7) is 3.74. The molecule has 2 aliphatic carbocycles. The minimum Gasteiger partial charge on any atom is -0.464 e. The van der Waals surface area contributed by atoms with E-state index in [0.717, 1.165) is 0 Å². The highest BCUT2D eigenvalue weighted by Gasteiger charge is 2.80. The number of hydrogen-bond acceptors (Lipinski definition) is 6. The SMILES string of the molecule is CCOC(=O)[C@@]12CCC(=O)N1CC1(CC1(F)F)C2.CCOC(=O)[C@@]12CCC(=O)N1CC1(CC1(F)F)C2. The summed E-state index contributed by atoms with van der Waals surface area (Å²) in [5, 5.41) is 0. The van der Waals surface area contributed by atoms with Gasteiger partial charge in [-0.1, -0.05) is 0 Å². The van der Waals surface area contributed by atoms with Crippen LogP contribution in [0.3, 0.4) is 0 Å². The summed E-state index contributed by atoms with van der Waals surface area (Å²) >= 11 is 0. The Morgan fingerprint density at radius 2 is 1.06 bits per heavy atom. The van der Waals surface area contributed by atoms with E-state index in [4.69, 9.17) is 9.47 Å². The first kappa shape index (κ1) is 25.3. The number of alkyl halides is 4. The molecule has 200 valence electrons. The molecule has 2 amide bonds.